The van der Waals surface area contributed by atoms with E-state index in [4.69, 9.17) is 9.84 Å². The minimum atomic E-state index is -1.00. The lowest BCUT2D eigenvalue weighted by Crippen LogP contribution is -2.58. The van der Waals surface area contributed by atoms with Crippen molar-refractivity contribution in [2.45, 2.75) is 97.2 Å². The number of carboxylic acid groups (broad SMARTS) is 1. The quantitative estimate of drug-likeness (QED) is 0.525. The Morgan fingerprint density at radius 2 is 1.76 bits per heavy atom. The molecule has 0 aromatic rings. The van der Waals surface area contributed by atoms with E-state index in [1.54, 1.807) is 0 Å². The van der Waals surface area contributed by atoms with Crippen LogP contribution < -0.4 is 5.32 Å². The van der Waals surface area contributed by atoms with Crippen LogP contribution in [-0.2, 0) is 14.3 Å². The second kappa shape index (κ2) is 9.49. The van der Waals surface area contributed by atoms with E-state index >= 15 is 0 Å². The number of aliphatic carboxylic acids is 1. The van der Waals surface area contributed by atoms with Crippen molar-refractivity contribution < 1.29 is 24.5 Å². The number of aliphatic hydroxyl groups excluding tert-OH is 1. The van der Waals surface area contributed by atoms with Crippen LogP contribution in [0.5, 0.6) is 0 Å². The predicted molar refractivity (Wildman–Crippen MR) is 126 cm³/mol. The molecule has 0 aliphatic heterocycles. The van der Waals surface area contributed by atoms with E-state index in [0.717, 1.165) is 25.7 Å². The highest BCUT2D eigenvalue weighted by atomic mass is 16.5. The van der Waals surface area contributed by atoms with E-state index < -0.39 is 5.97 Å². The van der Waals surface area contributed by atoms with Gasteiger partial charge in [0.25, 0.3) is 0 Å². The Kier molecular flexibility index (Phi) is 7.18. The SMILES string of the molecule is CO[C@@H]1CC[C@@]2(C)[C@@H](C1)C[C@@H](O)[C@@H]1[C@@H]2CC[C@]2(C)[C@@H]([C@H](C)CCC(=O)NCC(=O)O)CC[C@@H]12. The van der Waals surface area contributed by atoms with Gasteiger partial charge >= 0.3 is 5.97 Å². The van der Waals surface area contributed by atoms with Gasteiger partial charge in [0.05, 0.1) is 12.2 Å². The molecule has 4 rings (SSSR count). The second-order valence-corrected chi connectivity index (χ2v) is 12.3. The zero-order valence-corrected chi connectivity index (χ0v) is 21.0. The molecule has 0 heterocycles. The van der Waals surface area contributed by atoms with Gasteiger partial charge in [0.15, 0.2) is 0 Å². The van der Waals surface area contributed by atoms with Crippen LogP contribution in [0.25, 0.3) is 0 Å². The normalized spacial score (nSPS) is 45.4. The summed E-state index contributed by atoms with van der Waals surface area (Å²) in [5.74, 6) is 1.97. The second-order valence-electron chi connectivity index (χ2n) is 12.3. The Bertz CT molecular complexity index is 742. The van der Waals surface area contributed by atoms with E-state index in [-0.39, 0.29) is 24.0 Å². The largest absolute Gasteiger partial charge is 0.480 e. The maximum atomic E-state index is 12.1. The molecule has 4 aliphatic carbocycles. The summed E-state index contributed by atoms with van der Waals surface area (Å²) in [6, 6.07) is 0. The van der Waals surface area contributed by atoms with Crippen molar-refractivity contribution in [2.24, 2.45) is 46.3 Å². The molecule has 0 saturated heterocycles. The third-order valence-corrected chi connectivity index (χ3v) is 11.0. The topological polar surface area (TPSA) is 95.9 Å². The maximum absolute atomic E-state index is 12.1. The molecule has 4 saturated carbocycles. The summed E-state index contributed by atoms with van der Waals surface area (Å²) in [6.45, 7) is 6.95. The molecule has 4 aliphatic rings. The molecule has 0 aromatic carbocycles. The zero-order chi connectivity index (χ0) is 24.0. The number of carbonyl (C=O) groups is 2. The predicted octanol–water partition coefficient (Wildman–Crippen LogP) is 4.25. The minimum absolute atomic E-state index is 0.166. The molecule has 10 atom stereocenters. The smallest absolute Gasteiger partial charge is 0.322 e. The number of amides is 1. The summed E-state index contributed by atoms with van der Waals surface area (Å²) in [4.78, 5) is 22.8. The highest BCUT2D eigenvalue weighted by Gasteiger charge is 2.62. The van der Waals surface area contributed by atoms with Crippen LogP contribution in [0, 0.1) is 46.3 Å². The van der Waals surface area contributed by atoms with Crippen LogP contribution in [0.1, 0.15) is 85.0 Å². The highest BCUT2D eigenvalue weighted by Crippen LogP contribution is 2.68. The average Bonchev–Trinajstić information content (AvgIpc) is 3.13. The monoisotopic (exact) mass is 463 g/mol. The van der Waals surface area contributed by atoms with Crippen LogP contribution in [0.3, 0.4) is 0 Å². The molecular formula is C27H45NO5. The molecule has 33 heavy (non-hydrogen) atoms. The third-order valence-electron chi connectivity index (χ3n) is 11.0. The van der Waals surface area contributed by atoms with Gasteiger partial charge < -0.3 is 20.3 Å². The first-order chi connectivity index (χ1) is 15.6. The van der Waals surface area contributed by atoms with Crippen molar-refractivity contribution >= 4 is 11.9 Å². The fraction of sp³-hybridized carbons (Fsp3) is 0.926. The molecule has 0 unspecified atom stereocenters. The van der Waals surface area contributed by atoms with E-state index in [1.807, 2.05) is 7.11 Å². The fourth-order valence-corrected chi connectivity index (χ4v) is 9.20. The number of hydrogen-bond donors (Lipinski definition) is 3. The first-order valence-corrected chi connectivity index (χ1v) is 13.3. The van der Waals surface area contributed by atoms with E-state index in [2.05, 4.69) is 26.1 Å². The molecule has 1 amide bonds. The number of hydrogen-bond acceptors (Lipinski definition) is 4. The Labute approximate surface area is 199 Å². The molecule has 6 heteroatoms. The van der Waals surface area contributed by atoms with Gasteiger partial charge in [0.1, 0.15) is 6.54 Å². The molecular weight excluding hydrogens is 418 g/mol. The number of ether oxygens (including phenoxy) is 1. The van der Waals surface area contributed by atoms with E-state index in [9.17, 15) is 14.7 Å². The first-order valence-electron chi connectivity index (χ1n) is 13.3. The van der Waals surface area contributed by atoms with Gasteiger partial charge in [0, 0.05) is 13.5 Å². The van der Waals surface area contributed by atoms with Gasteiger partial charge in [-0.15, -0.1) is 0 Å². The molecule has 0 radical (unpaired) electrons. The number of nitrogens with one attached hydrogen (secondary N) is 1. The molecule has 188 valence electrons. The van der Waals surface area contributed by atoms with Crippen LogP contribution in [0.4, 0.5) is 0 Å². The molecule has 0 aromatic heterocycles. The Morgan fingerprint density at radius 3 is 2.45 bits per heavy atom. The molecule has 0 bridgehead atoms. The van der Waals surface area contributed by atoms with Crippen molar-refractivity contribution in [3.63, 3.8) is 0 Å². The summed E-state index contributed by atoms with van der Waals surface area (Å²) in [5, 5.41) is 22.7. The van der Waals surface area contributed by atoms with Crippen LogP contribution >= 0.6 is 0 Å². The number of methoxy groups -OCH3 is 1. The fourth-order valence-electron chi connectivity index (χ4n) is 9.20. The number of carbonyl (C=O) groups excluding carboxylic acids is 1. The molecule has 0 spiro atoms. The minimum Gasteiger partial charge on any atom is -0.480 e. The number of rotatable bonds is 7. The molecule has 3 N–H and O–H groups in total. The van der Waals surface area contributed by atoms with Crippen LogP contribution in [0.15, 0.2) is 0 Å². The van der Waals surface area contributed by atoms with Crippen molar-refractivity contribution in [2.75, 3.05) is 13.7 Å². The zero-order valence-electron chi connectivity index (χ0n) is 21.0. The number of carboxylic acids is 1. The van der Waals surface area contributed by atoms with Crippen molar-refractivity contribution in [1.29, 1.82) is 0 Å². The van der Waals surface area contributed by atoms with Crippen LogP contribution in [0.2, 0.25) is 0 Å². The standard InChI is InChI=1S/C27H45NO5/c1-16(5-8-23(30)28-15-24(31)32)19-6-7-20-25-21(10-12-27(19,20)3)26(2)11-9-18(33-4)13-17(26)14-22(25)29/h16-22,25,29H,5-15H2,1-4H3,(H,28,30)(H,31,32)/t16-,17+,18-,19-,20+,21+,22-,25+,26+,27-/m1/s1. The van der Waals surface area contributed by atoms with E-state index in [0.29, 0.717) is 53.4 Å². The number of aliphatic hydroxyl groups is 1. The maximum Gasteiger partial charge on any atom is 0.322 e. The average molecular weight is 464 g/mol. The van der Waals surface area contributed by atoms with Crippen molar-refractivity contribution in [1.82, 2.24) is 5.32 Å². The lowest BCUT2D eigenvalue weighted by Gasteiger charge is -2.62. The van der Waals surface area contributed by atoms with Crippen molar-refractivity contribution in [3.8, 4) is 0 Å². The lowest BCUT2D eigenvalue weighted by molar-refractivity contribution is -0.176. The summed E-state index contributed by atoms with van der Waals surface area (Å²) < 4.78 is 5.71. The summed E-state index contributed by atoms with van der Waals surface area (Å²) in [6.07, 6.45) is 10.5. The highest BCUT2D eigenvalue weighted by molar-refractivity contribution is 5.81. The Morgan fingerprint density at radius 1 is 1.06 bits per heavy atom. The van der Waals surface area contributed by atoms with E-state index in [1.165, 1.54) is 32.1 Å². The number of fused-ring (bicyclic) bond motifs is 5. The van der Waals surface area contributed by atoms with Gasteiger partial charge in [-0.3, -0.25) is 9.59 Å². The van der Waals surface area contributed by atoms with Gasteiger partial charge in [-0.2, -0.15) is 0 Å². The third kappa shape index (κ3) is 4.47. The molecule has 6 nitrogen and oxygen atoms in total. The molecule has 4 fully saturated rings. The van der Waals surface area contributed by atoms with Gasteiger partial charge in [-0.25, -0.2) is 0 Å². The summed E-state index contributed by atoms with van der Waals surface area (Å²) in [7, 11) is 1.83. The first kappa shape index (κ1) is 25.0. The Balaban J connectivity index is 1.43. The lowest BCUT2D eigenvalue weighted by atomic mass is 9.43. The Hall–Kier alpha value is -1.14. The van der Waals surface area contributed by atoms with Crippen LogP contribution in [-0.4, -0.2) is 48.0 Å². The van der Waals surface area contributed by atoms with Crippen molar-refractivity contribution in [3.05, 3.63) is 0 Å². The van der Waals surface area contributed by atoms with Gasteiger partial charge in [0.2, 0.25) is 5.91 Å². The summed E-state index contributed by atoms with van der Waals surface area (Å²) in [5.41, 5.74) is 0.554. The summed E-state index contributed by atoms with van der Waals surface area (Å²) >= 11 is 0. The van der Waals surface area contributed by atoms with Gasteiger partial charge in [-0.1, -0.05) is 20.8 Å². The van der Waals surface area contributed by atoms with Gasteiger partial charge in [-0.05, 0) is 104 Å².